The van der Waals surface area contributed by atoms with Crippen LogP contribution in [-0.2, 0) is 16.0 Å². The van der Waals surface area contributed by atoms with Crippen LogP contribution in [0.2, 0.25) is 0 Å². The monoisotopic (exact) mass is 336 g/mol. The Morgan fingerprint density at radius 1 is 1.39 bits per heavy atom. The molecule has 23 heavy (non-hydrogen) atoms. The van der Waals surface area contributed by atoms with Crippen molar-refractivity contribution in [3.8, 4) is 0 Å². The molecule has 0 aromatic carbocycles. The molecule has 2 aliphatic rings. The number of amides is 2. The van der Waals surface area contributed by atoms with Crippen LogP contribution in [0.4, 0.5) is 4.79 Å². The number of ketones is 1. The Kier molecular flexibility index (Phi) is 4.14. The van der Waals surface area contributed by atoms with Gasteiger partial charge >= 0.3 is 6.09 Å². The number of rotatable bonds is 3. The smallest absolute Gasteiger partial charge is 0.410 e. The van der Waals surface area contributed by atoms with Gasteiger partial charge in [0.1, 0.15) is 5.60 Å². The molecule has 2 fully saturated rings. The predicted molar refractivity (Wildman–Crippen MR) is 85.7 cm³/mol. The lowest BCUT2D eigenvalue weighted by atomic mass is 9.92. The van der Waals surface area contributed by atoms with Crippen LogP contribution in [0, 0.1) is 0 Å². The minimum absolute atomic E-state index is 0.0163. The second-order valence-electron chi connectivity index (χ2n) is 6.38. The average molecular weight is 336 g/mol. The van der Waals surface area contributed by atoms with Crippen LogP contribution in [0.15, 0.2) is 11.4 Å². The number of likely N-dealkylation sites (N-methyl/N-ethyl adjacent to an activating group) is 1. The molecule has 124 valence electrons. The molecule has 2 amide bonds. The van der Waals surface area contributed by atoms with Crippen molar-refractivity contribution in [3.05, 3.63) is 21.9 Å². The van der Waals surface area contributed by atoms with Crippen molar-refractivity contribution >= 4 is 29.1 Å². The Balaban J connectivity index is 1.65. The molecular formula is C16H20N2O4S. The van der Waals surface area contributed by atoms with Gasteiger partial charge in [0.25, 0.3) is 0 Å². The number of piperidine rings is 1. The molecule has 0 N–H and O–H groups in total. The first kappa shape index (κ1) is 16.0. The Morgan fingerprint density at radius 3 is 2.78 bits per heavy atom. The summed E-state index contributed by atoms with van der Waals surface area (Å²) < 4.78 is 5.52. The molecule has 1 aromatic heterocycles. The first-order chi connectivity index (χ1) is 10.9. The van der Waals surface area contributed by atoms with Gasteiger partial charge in [-0.2, -0.15) is 0 Å². The highest BCUT2D eigenvalue weighted by Crippen LogP contribution is 2.31. The number of carbonyl (C=O) groups is 3. The summed E-state index contributed by atoms with van der Waals surface area (Å²) >= 11 is 1.37. The van der Waals surface area contributed by atoms with Crippen molar-refractivity contribution < 1.29 is 19.1 Å². The average Bonchev–Trinajstić information content (AvgIpc) is 3.05. The molecule has 2 saturated heterocycles. The lowest BCUT2D eigenvalue weighted by Gasteiger charge is -2.38. The third kappa shape index (κ3) is 3.24. The molecule has 2 aliphatic heterocycles. The zero-order valence-electron chi connectivity index (χ0n) is 13.3. The highest BCUT2D eigenvalue weighted by molar-refractivity contribution is 7.12. The zero-order valence-corrected chi connectivity index (χ0v) is 14.1. The number of ether oxygens (including phenoxy) is 1. The number of Topliss-reactive ketones (excluding diaryl/α,β-unsaturated/α-hetero) is 1. The second kappa shape index (κ2) is 5.96. The van der Waals surface area contributed by atoms with E-state index in [2.05, 4.69) is 0 Å². The van der Waals surface area contributed by atoms with Crippen molar-refractivity contribution in [1.82, 2.24) is 9.80 Å². The highest BCUT2D eigenvalue weighted by atomic mass is 32.1. The van der Waals surface area contributed by atoms with Gasteiger partial charge in [-0.1, -0.05) is 0 Å². The van der Waals surface area contributed by atoms with Crippen molar-refractivity contribution in [2.24, 2.45) is 0 Å². The fourth-order valence-electron chi connectivity index (χ4n) is 3.25. The first-order valence-corrected chi connectivity index (χ1v) is 8.57. The van der Waals surface area contributed by atoms with E-state index in [0.717, 1.165) is 18.4 Å². The van der Waals surface area contributed by atoms with E-state index < -0.39 is 5.60 Å². The standard InChI is InChI=1S/C16H20N2O4S/c1-11(19)13-6-12(8-23-13)7-14(20)18-5-3-4-16(10-18)9-17(2)15(21)22-16/h6,8H,3-5,7,9-10H2,1-2H3. The van der Waals surface area contributed by atoms with Gasteiger partial charge in [0.05, 0.1) is 24.4 Å². The molecule has 3 heterocycles. The summed E-state index contributed by atoms with van der Waals surface area (Å²) in [6.07, 6.45) is 1.58. The summed E-state index contributed by atoms with van der Waals surface area (Å²) in [4.78, 5) is 39.5. The molecule has 0 saturated carbocycles. The molecule has 1 atom stereocenters. The zero-order chi connectivity index (χ0) is 16.6. The van der Waals surface area contributed by atoms with E-state index in [1.54, 1.807) is 22.9 Å². The lowest BCUT2D eigenvalue weighted by molar-refractivity contribution is -0.136. The SMILES string of the molecule is CC(=O)c1cc(CC(=O)N2CCCC3(CN(C)C(=O)O3)C2)cs1. The highest BCUT2D eigenvalue weighted by Gasteiger charge is 2.47. The molecule has 0 aliphatic carbocycles. The Labute approximate surface area is 139 Å². The third-order valence-corrected chi connectivity index (χ3v) is 5.47. The largest absolute Gasteiger partial charge is 0.439 e. The van der Waals surface area contributed by atoms with Crippen molar-refractivity contribution in [2.45, 2.75) is 31.8 Å². The normalized spacial score (nSPS) is 24.2. The van der Waals surface area contributed by atoms with Gasteiger partial charge in [-0.05, 0) is 36.8 Å². The predicted octanol–water partition coefficient (Wildman–Crippen LogP) is 1.94. The quantitative estimate of drug-likeness (QED) is 0.791. The molecule has 0 radical (unpaired) electrons. The van der Waals surface area contributed by atoms with E-state index in [0.29, 0.717) is 24.5 Å². The van der Waals surface area contributed by atoms with E-state index in [-0.39, 0.29) is 24.2 Å². The van der Waals surface area contributed by atoms with Crippen LogP contribution in [0.3, 0.4) is 0 Å². The number of likely N-dealkylation sites (tertiary alicyclic amines) is 1. The van der Waals surface area contributed by atoms with Crippen molar-refractivity contribution in [3.63, 3.8) is 0 Å². The van der Waals surface area contributed by atoms with Gasteiger partial charge in [-0.25, -0.2) is 4.79 Å². The number of nitrogens with zero attached hydrogens (tertiary/aromatic N) is 2. The summed E-state index contributed by atoms with van der Waals surface area (Å²) in [6.45, 7) is 3.19. The molecule has 6 nitrogen and oxygen atoms in total. The van der Waals surface area contributed by atoms with E-state index in [4.69, 9.17) is 4.74 Å². The topological polar surface area (TPSA) is 66.9 Å². The molecule has 7 heteroatoms. The van der Waals surface area contributed by atoms with Crippen LogP contribution < -0.4 is 0 Å². The Bertz CT molecular complexity index is 656. The summed E-state index contributed by atoms with van der Waals surface area (Å²) in [5.74, 6) is 0.0362. The molecular weight excluding hydrogens is 316 g/mol. The summed E-state index contributed by atoms with van der Waals surface area (Å²) in [6, 6.07) is 1.79. The maximum atomic E-state index is 12.5. The fraction of sp³-hybridized carbons (Fsp3) is 0.562. The van der Waals surface area contributed by atoms with Gasteiger partial charge in [0, 0.05) is 13.6 Å². The molecule has 1 spiro atoms. The van der Waals surface area contributed by atoms with Gasteiger partial charge in [-0.15, -0.1) is 11.3 Å². The van der Waals surface area contributed by atoms with Crippen LogP contribution >= 0.6 is 11.3 Å². The van der Waals surface area contributed by atoms with Crippen LogP contribution in [0.5, 0.6) is 0 Å². The summed E-state index contributed by atoms with van der Waals surface area (Å²) in [5, 5.41) is 1.86. The number of thiophene rings is 1. The molecule has 1 aromatic rings. The van der Waals surface area contributed by atoms with Gasteiger partial charge in [0.2, 0.25) is 5.91 Å². The van der Waals surface area contributed by atoms with Gasteiger partial charge in [-0.3, -0.25) is 9.59 Å². The van der Waals surface area contributed by atoms with Gasteiger partial charge in [0.15, 0.2) is 5.78 Å². The second-order valence-corrected chi connectivity index (χ2v) is 7.29. The molecule has 1 unspecified atom stereocenters. The third-order valence-electron chi connectivity index (χ3n) is 4.39. The van der Waals surface area contributed by atoms with Crippen LogP contribution in [-0.4, -0.2) is 59.9 Å². The molecule has 3 rings (SSSR count). The van der Waals surface area contributed by atoms with E-state index in [9.17, 15) is 14.4 Å². The maximum absolute atomic E-state index is 12.5. The van der Waals surface area contributed by atoms with Crippen LogP contribution in [0.1, 0.15) is 35.0 Å². The Hall–Kier alpha value is -1.89. The molecule has 0 bridgehead atoms. The fourth-order valence-corrected chi connectivity index (χ4v) is 4.07. The van der Waals surface area contributed by atoms with E-state index in [1.165, 1.54) is 18.3 Å². The van der Waals surface area contributed by atoms with E-state index in [1.807, 2.05) is 5.38 Å². The van der Waals surface area contributed by atoms with Crippen molar-refractivity contribution in [1.29, 1.82) is 0 Å². The van der Waals surface area contributed by atoms with Gasteiger partial charge < -0.3 is 14.5 Å². The van der Waals surface area contributed by atoms with Crippen molar-refractivity contribution in [2.75, 3.05) is 26.7 Å². The maximum Gasteiger partial charge on any atom is 0.410 e. The Morgan fingerprint density at radius 2 is 2.17 bits per heavy atom. The number of carbonyl (C=O) groups excluding carboxylic acids is 3. The number of hydrogen-bond donors (Lipinski definition) is 0. The summed E-state index contributed by atoms with van der Waals surface area (Å²) in [7, 11) is 1.71. The first-order valence-electron chi connectivity index (χ1n) is 7.69. The van der Waals surface area contributed by atoms with Crippen LogP contribution in [0.25, 0.3) is 0 Å². The van der Waals surface area contributed by atoms with E-state index >= 15 is 0 Å². The minimum Gasteiger partial charge on any atom is -0.439 e. The summed E-state index contributed by atoms with van der Waals surface area (Å²) in [5.41, 5.74) is 0.309. The lowest BCUT2D eigenvalue weighted by Crippen LogP contribution is -2.52. The number of hydrogen-bond acceptors (Lipinski definition) is 5. The minimum atomic E-state index is -0.557.